The molecule has 1 N–H and O–H groups in total. The van der Waals surface area contributed by atoms with E-state index in [0.717, 1.165) is 6.42 Å². The molecule has 4 nitrogen and oxygen atoms in total. The summed E-state index contributed by atoms with van der Waals surface area (Å²) >= 11 is 0. The second-order valence-corrected chi connectivity index (χ2v) is 2.44. The number of nitrogens with one attached hydrogen (secondary N) is 1. The minimum Gasteiger partial charge on any atom is -0.432 e. The highest BCUT2D eigenvalue weighted by Gasteiger charge is 2.12. The number of methoxy groups -OCH3 is 1. The smallest absolute Gasteiger partial charge is 0.354 e. The summed E-state index contributed by atoms with van der Waals surface area (Å²) in [6.07, 6.45) is 0.652. The first-order valence-electron chi connectivity index (χ1n) is 3.93. The number of esters is 1. The van der Waals surface area contributed by atoms with Crippen molar-refractivity contribution in [2.75, 3.05) is 7.11 Å². The Balaban J connectivity index is 3.79. The van der Waals surface area contributed by atoms with Crippen molar-refractivity contribution in [3.8, 4) is 0 Å². The lowest BCUT2D eigenvalue weighted by Gasteiger charge is -2.10. The van der Waals surface area contributed by atoms with E-state index in [-0.39, 0.29) is 5.71 Å². The molecule has 4 heteroatoms. The van der Waals surface area contributed by atoms with E-state index in [0.29, 0.717) is 6.42 Å². The first-order chi connectivity index (χ1) is 5.61. The minimum atomic E-state index is -0.591. The highest BCUT2D eigenvalue weighted by atomic mass is 16.7. The molecule has 0 radical (unpaired) electrons. The van der Waals surface area contributed by atoms with E-state index in [1.807, 2.05) is 6.92 Å². The Kier molecular flexibility index (Phi) is 5.28. The maximum absolute atomic E-state index is 11.0. The van der Waals surface area contributed by atoms with Crippen molar-refractivity contribution in [1.29, 1.82) is 5.41 Å². The lowest BCUT2D eigenvalue weighted by molar-refractivity contribution is -0.161. The van der Waals surface area contributed by atoms with E-state index >= 15 is 0 Å². The molecule has 1 atom stereocenters. The molecule has 0 aromatic rings. The fourth-order valence-corrected chi connectivity index (χ4v) is 0.622. The number of carbonyl (C=O) groups excluding carboxylic acids is 1. The van der Waals surface area contributed by atoms with Crippen LogP contribution in [-0.2, 0) is 14.3 Å². The first-order valence-corrected chi connectivity index (χ1v) is 3.93. The Hall–Kier alpha value is -0.900. The summed E-state index contributed by atoms with van der Waals surface area (Å²) in [5.41, 5.74) is 0.00130. The monoisotopic (exact) mass is 173 g/mol. The van der Waals surface area contributed by atoms with Gasteiger partial charge in [0.05, 0.1) is 0 Å². The van der Waals surface area contributed by atoms with Gasteiger partial charge in [-0.1, -0.05) is 13.3 Å². The summed E-state index contributed by atoms with van der Waals surface area (Å²) in [4.78, 5) is 11.0. The average Bonchev–Trinajstić information content (AvgIpc) is 2.04. The van der Waals surface area contributed by atoms with Gasteiger partial charge in [-0.3, -0.25) is 5.41 Å². The van der Waals surface area contributed by atoms with Crippen molar-refractivity contribution in [2.24, 2.45) is 0 Å². The van der Waals surface area contributed by atoms with Crippen LogP contribution in [0.25, 0.3) is 0 Å². The van der Waals surface area contributed by atoms with Crippen molar-refractivity contribution in [3.05, 3.63) is 0 Å². The Bertz CT molecular complexity index is 168. The van der Waals surface area contributed by atoms with Crippen LogP contribution in [0.4, 0.5) is 0 Å². The summed E-state index contributed by atoms with van der Waals surface area (Å²) < 4.78 is 9.44. The fraction of sp³-hybridized carbons (Fsp3) is 0.750. The predicted molar refractivity (Wildman–Crippen MR) is 45.2 cm³/mol. The van der Waals surface area contributed by atoms with Crippen LogP contribution in [0, 0.1) is 5.41 Å². The lowest BCUT2D eigenvalue weighted by atomic mass is 10.2. The molecule has 12 heavy (non-hydrogen) atoms. The number of ether oxygens (including phenoxy) is 2. The maximum Gasteiger partial charge on any atom is 0.354 e. The Labute approximate surface area is 72.4 Å². The third-order valence-corrected chi connectivity index (χ3v) is 1.35. The molecule has 0 aliphatic carbocycles. The molecule has 0 aromatic carbocycles. The molecule has 0 aliphatic heterocycles. The van der Waals surface area contributed by atoms with Gasteiger partial charge in [0.2, 0.25) is 0 Å². The van der Waals surface area contributed by atoms with Crippen LogP contribution < -0.4 is 0 Å². The van der Waals surface area contributed by atoms with Gasteiger partial charge >= 0.3 is 5.97 Å². The largest absolute Gasteiger partial charge is 0.432 e. The second-order valence-electron chi connectivity index (χ2n) is 2.44. The van der Waals surface area contributed by atoms with E-state index in [1.165, 1.54) is 7.11 Å². The third-order valence-electron chi connectivity index (χ3n) is 1.35. The van der Waals surface area contributed by atoms with Gasteiger partial charge in [0, 0.05) is 7.11 Å². The first kappa shape index (κ1) is 11.1. The number of carbonyl (C=O) groups is 1. The third kappa shape index (κ3) is 4.08. The molecule has 0 heterocycles. The summed E-state index contributed by atoms with van der Waals surface area (Å²) in [7, 11) is 1.45. The van der Waals surface area contributed by atoms with Gasteiger partial charge in [-0.15, -0.1) is 0 Å². The van der Waals surface area contributed by atoms with Crippen LogP contribution >= 0.6 is 0 Å². The topological polar surface area (TPSA) is 59.4 Å². The summed E-state index contributed by atoms with van der Waals surface area (Å²) in [6.45, 7) is 3.51. The van der Waals surface area contributed by atoms with Crippen LogP contribution in [0.15, 0.2) is 0 Å². The number of hydrogen-bond acceptors (Lipinski definition) is 4. The lowest BCUT2D eigenvalue weighted by Crippen LogP contribution is -2.22. The molecular weight excluding hydrogens is 158 g/mol. The molecule has 0 aliphatic rings. The van der Waals surface area contributed by atoms with Gasteiger partial charge in [0.25, 0.3) is 0 Å². The maximum atomic E-state index is 11.0. The molecule has 70 valence electrons. The molecule has 0 aromatic heterocycles. The molecule has 1 unspecified atom stereocenters. The normalized spacial score (nSPS) is 12.2. The van der Waals surface area contributed by atoms with E-state index in [9.17, 15) is 4.79 Å². The number of hydrogen-bond donors (Lipinski definition) is 1. The average molecular weight is 173 g/mol. The second kappa shape index (κ2) is 5.71. The minimum absolute atomic E-state index is 0.00130. The van der Waals surface area contributed by atoms with Gasteiger partial charge < -0.3 is 9.47 Å². The zero-order chi connectivity index (χ0) is 9.56. The van der Waals surface area contributed by atoms with Crippen LogP contribution in [0.5, 0.6) is 0 Å². The van der Waals surface area contributed by atoms with Gasteiger partial charge in [0.1, 0.15) is 5.71 Å². The van der Waals surface area contributed by atoms with Crippen LogP contribution in [0.3, 0.4) is 0 Å². The summed E-state index contributed by atoms with van der Waals surface area (Å²) in [6, 6.07) is 0. The van der Waals surface area contributed by atoms with Crippen molar-refractivity contribution in [1.82, 2.24) is 0 Å². The summed E-state index contributed by atoms with van der Waals surface area (Å²) in [5, 5.41) is 7.23. The molecule has 0 fully saturated rings. The standard InChI is InChI=1S/C8H15NO3/c1-4-5-7(9)8(10)12-6(2)11-3/h6,9H,4-5H2,1-3H3. The Morgan fingerprint density at radius 1 is 1.58 bits per heavy atom. The number of rotatable bonds is 5. The van der Waals surface area contributed by atoms with Gasteiger partial charge in [-0.2, -0.15) is 0 Å². The Morgan fingerprint density at radius 3 is 2.58 bits per heavy atom. The van der Waals surface area contributed by atoms with Gasteiger partial charge in [-0.05, 0) is 13.3 Å². The van der Waals surface area contributed by atoms with E-state index < -0.39 is 12.3 Å². The van der Waals surface area contributed by atoms with Gasteiger partial charge in [0.15, 0.2) is 6.29 Å². The van der Waals surface area contributed by atoms with E-state index in [4.69, 9.17) is 14.9 Å². The highest BCUT2D eigenvalue weighted by Crippen LogP contribution is 1.97. The highest BCUT2D eigenvalue weighted by molar-refractivity contribution is 6.35. The van der Waals surface area contributed by atoms with Gasteiger partial charge in [-0.25, -0.2) is 4.79 Å². The van der Waals surface area contributed by atoms with Crippen molar-refractivity contribution in [2.45, 2.75) is 33.0 Å². The van der Waals surface area contributed by atoms with E-state index in [2.05, 4.69) is 0 Å². The fourth-order valence-electron chi connectivity index (χ4n) is 0.622. The van der Waals surface area contributed by atoms with Crippen molar-refractivity contribution < 1.29 is 14.3 Å². The van der Waals surface area contributed by atoms with Crippen LogP contribution in [-0.4, -0.2) is 25.1 Å². The van der Waals surface area contributed by atoms with Crippen LogP contribution in [0.2, 0.25) is 0 Å². The molecule has 0 saturated carbocycles. The summed E-state index contributed by atoms with van der Waals surface area (Å²) in [5.74, 6) is -0.591. The molecule has 0 saturated heterocycles. The quantitative estimate of drug-likeness (QED) is 0.387. The molecular formula is C8H15NO3. The predicted octanol–water partition coefficient (Wildman–Crippen LogP) is 1.34. The zero-order valence-corrected chi connectivity index (χ0v) is 7.72. The molecule has 0 amide bonds. The zero-order valence-electron chi connectivity index (χ0n) is 7.72. The molecule has 0 spiro atoms. The van der Waals surface area contributed by atoms with Crippen molar-refractivity contribution in [3.63, 3.8) is 0 Å². The Morgan fingerprint density at radius 2 is 2.17 bits per heavy atom. The SMILES string of the molecule is CCCC(=N)C(=O)OC(C)OC. The van der Waals surface area contributed by atoms with Crippen LogP contribution in [0.1, 0.15) is 26.7 Å². The molecule has 0 rings (SSSR count). The van der Waals surface area contributed by atoms with E-state index in [1.54, 1.807) is 6.92 Å². The molecule has 0 bridgehead atoms. The van der Waals surface area contributed by atoms with Crippen molar-refractivity contribution >= 4 is 11.7 Å².